The van der Waals surface area contributed by atoms with Crippen LogP contribution in [-0.2, 0) is 24.3 Å². The molecule has 0 fully saturated rings. The van der Waals surface area contributed by atoms with Gasteiger partial charge in [-0.05, 0) is 43.3 Å². The number of anilines is 1. The first-order valence-electron chi connectivity index (χ1n) is 9.24. The molecule has 0 spiro atoms. The highest BCUT2D eigenvalue weighted by molar-refractivity contribution is 7.89. The first-order chi connectivity index (χ1) is 14.3. The number of esters is 1. The highest BCUT2D eigenvalue weighted by atomic mass is 32.2. The molecule has 1 unspecified atom stereocenters. The number of hydrogen-bond donors (Lipinski definition) is 1. The molecule has 1 atom stereocenters. The molecule has 2 aromatic rings. The molecule has 0 aliphatic carbocycles. The van der Waals surface area contributed by atoms with Gasteiger partial charge in [-0.15, -0.1) is 0 Å². The lowest BCUT2D eigenvalue weighted by Crippen LogP contribution is -2.45. The lowest BCUT2D eigenvalue weighted by atomic mass is 10.2. The summed E-state index contributed by atoms with van der Waals surface area (Å²) in [5, 5.41) is 5.03. The molecule has 160 valence electrons. The molecule has 0 saturated heterocycles. The molecule has 1 aliphatic heterocycles. The zero-order valence-corrected chi connectivity index (χ0v) is 17.1. The van der Waals surface area contributed by atoms with Gasteiger partial charge in [0.2, 0.25) is 10.0 Å². The standard InChI is InChI=1S/C20H22N2O7S/c1-14-20(24)22(17-4-2-3-5-18(17)29-14)11-10-19(23)28-13-12-27-15-6-8-16(9-7-15)30(21,25)26/h2-9,14H,10-13H2,1H3,(H2,21,25,26). The molecule has 1 heterocycles. The van der Waals surface area contributed by atoms with Crippen molar-refractivity contribution in [2.75, 3.05) is 24.7 Å². The van der Waals surface area contributed by atoms with Gasteiger partial charge in [0.05, 0.1) is 17.0 Å². The average Bonchev–Trinajstić information content (AvgIpc) is 2.71. The topological polar surface area (TPSA) is 125 Å². The molecule has 0 radical (unpaired) electrons. The van der Waals surface area contributed by atoms with E-state index in [0.29, 0.717) is 17.2 Å². The van der Waals surface area contributed by atoms with Gasteiger partial charge in [-0.3, -0.25) is 9.59 Å². The number of nitrogens with two attached hydrogens (primary N) is 1. The van der Waals surface area contributed by atoms with E-state index in [9.17, 15) is 18.0 Å². The maximum atomic E-state index is 12.4. The van der Waals surface area contributed by atoms with E-state index in [1.165, 1.54) is 29.2 Å². The predicted octanol–water partition coefficient (Wildman–Crippen LogP) is 1.46. The summed E-state index contributed by atoms with van der Waals surface area (Å²) in [6.07, 6.45) is -0.597. The fraction of sp³-hybridized carbons (Fsp3) is 0.300. The Morgan fingerprint density at radius 1 is 1.13 bits per heavy atom. The number of hydrogen-bond acceptors (Lipinski definition) is 7. The fourth-order valence-corrected chi connectivity index (χ4v) is 3.42. The Labute approximate surface area is 174 Å². The van der Waals surface area contributed by atoms with Gasteiger partial charge in [0.25, 0.3) is 5.91 Å². The van der Waals surface area contributed by atoms with Crippen molar-refractivity contribution in [2.45, 2.75) is 24.3 Å². The smallest absolute Gasteiger partial charge is 0.307 e. The summed E-state index contributed by atoms with van der Waals surface area (Å²) in [6.45, 7) is 1.95. The number of carbonyl (C=O) groups excluding carboxylic acids is 2. The van der Waals surface area contributed by atoms with Crippen molar-refractivity contribution in [3.05, 3.63) is 48.5 Å². The zero-order valence-electron chi connectivity index (χ0n) is 16.3. The number of fused-ring (bicyclic) bond motifs is 1. The van der Waals surface area contributed by atoms with E-state index in [1.807, 2.05) is 6.07 Å². The van der Waals surface area contributed by atoms with Crippen molar-refractivity contribution < 1.29 is 32.2 Å². The zero-order chi connectivity index (χ0) is 21.7. The monoisotopic (exact) mass is 434 g/mol. The van der Waals surface area contributed by atoms with Crippen LogP contribution in [0.3, 0.4) is 0 Å². The van der Waals surface area contributed by atoms with Crippen LogP contribution in [0, 0.1) is 0 Å². The van der Waals surface area contributed by atoms with Crippen LogP contribution in [0.2, 0.25) is 0 Å². The van der Waals surface area contributed by atoms with Crippen LogP contribution in [0.1, 0.15) is 13.3 Å². The molecule has 9 nitrogen and oxygen atoms in total. The van der Waals surface area contributed by atoms with Gasteiger partial charge in [0, 0.05) is 6.54 Å². The summed E-state index contributed by atoms with van der Waals surface area (Å²) in [4.78, 5) is 25.9. The van der Waals surface area contributed by atoms with Crippen molar-refractivity contribution in [2.24, 2.45) is 5.14 Å². The maximum absolute atomic E-state index is 12.4. The van der Waals surface area contributed by atoms with Crippen molar-refractivity contribution in [1.82, 2.24) is 0 Å². The first kappa shape index (κ1) is 21.6. The number of amides is 1. The number of nitrogens with zero attached hydrogens (tertiary/aromatic N) is 1. The highest BCUT2D eigenvalue weighted by Crippen LogP contribution is 2.33. The van der Waals surface area contributed by atoms with E-state index < -0.39 is 22.1 Å². The van der Waals surface area contributed by atoms with Crippen LogP contribution >= 0.6 is 0 Å². The third-order valence-corrected chi connectivity index (χ3v) is 5.31. The van der Waals surface area contributed by atoms with Crippen LogP contribution in [0.25, 0.3) is 0 Å². The minimum Gasteiger partial charge on any atom is -0.490 e. The largest absolute Gasteiger partial charge is 0.490 e. The molecular weight excluding hydrogens is 412 g/mol. The second kappa shape index (κ2) is 9.14. The number of benzene rings is 2. The molecule has 0 aromatic heterocycles. The summed E-state index contributed by atoms with van der Waals surface area (Å²) in [7, 11) is -3.76. The minimum absolute atomic E-state index is 0.0137. The van der Waals surface area contributed by atoms with Crippen molar-refractivity contribution in [3.63, 3.8) is 0 Å². The second-order valence-corrected chi connectivity index (χ2v) is 8.11. The average molecular weight is 434 g/mol. The van der Waals surface area contributed by atoms with Gasteiger partial charge in [-0.1, -0.05) is 12.1 Å². The Morgan fingerprint density at radius 3 is 2.53 bits per heavy atom. The Kier molecular flexibility index (Phi) is 6.58. The lowest BCUT2D eigenvalue weighted by molar-refractivity contribution is -0.144. The molecule has 10 heteroatoms. The van der Waals surface area contributed by atoms with E-state index in [1.54, 1.807) is 25.1 Å². The van der Waals surface area contributed by atoms with E-state index >= 15 is 0 Å². The summed E-state index contributed by atoms with van der Waals surface area (Å²) in [6, 6.07) is 12.7. The minimum atomic E-state index is -3.76. The van der Waals surface area contributed by atoms with Gasteiger partial charge in [0.15, 0.2) is 6.10 Å². The van der Waals surface area contributed by atoms with Crippen molar-refractivity contribution in [3.8, 4) is 11.5 Å². The second-order valence-electron chi connectivity index (χ2n) is 6.55. The van der Waals surface area contributed by atoms with E-state index in [0.717, 1.165) is 0 Å². The maximum Gasteiger partial charge on any atom is 0.307 e. The third kappa shape index (κ3) is 5.28. The van der Waals surface area contributed by atoms with E-state index in [4.69, 9.17) is 19.3 Å². The third-order valence-electron chi connectivity index (χ3n) is 4.38. The van der Waals surface area contributed by atoms with Crippen LogP contribution in [0.5, 0.6) is 11.5 Å². The Bertz CT molecular complexity index is 1020. The molecular formula is C20H22N2O7S. The molecule has 1 aliphatic rings. The predicted molar refractivity (Wildman–Crippen MR) is 108 cm³/mol. The fourth-order valence-electron chi connectivity index (χ4n) is 2.91. The molecule has 3 rings (SSSR count). The number of para-hydroxylation sites is 2. The molecule has 0 saturated carbocycles. The van der Waals surface area contributed by atoms with Gasteiger partial charge in [-0.2, -0.15) is 0 Å². The molecule has 0 bridgehead atoms. The van der Waals surface area contributed by atoms with Crippen molar-refractivity contribution in [1.29, 1.82) is 0 Å². The Balaban J connectivity index is 1.44. The van der Waals surface area contributed by atoms with Gasteiger partial charge < -0.3 is 19.1 Å². The van der Waals surface area contributed by atoms with Crippen LogP contribution in [-0.4, -0.2) is 46.2 Å². The molecule has 30 heavy (non-hydrogen) atoms. The van der Waals surface area contributed by atoms with Crippen LogP contribution in [0.4, 0.5) is 5.69 Å². The highest BCUT2D eigenvalue weighted by Gasteiger charge is 2.31. The number of rotatable bonds is 8. The van der Waals surface area contributed by atoms with Crippen LogP contribution in [0.15, 0.2) is 53.4 Å². The molecule has 2 aromatic carbocycles. The van der Waals surface area contributed by atoms with Gasteiger partial charge in [0.1, 0.15) is 24.7 Å². The SMILES string of the molecule is CC1Oc2ccccc2N(CCC(=O)OCCOc2ccc(S(N)(=O)=O)cc2)C1=O. The summed E-state index contributed by atoms with van der Waals surface area (Å²) in [5.74, 6) is 0.336. The summed E-state index contributed by atoms with van der Waals surface area (Å²) >= 11 is 0. The van der Waals surface area contributed by atoms with Crippen molar-refractivity contribution >= 4 is 27.6 Å². The lowest BCUT2D eigenvalue weighted by Gasteiger charge is -2.32. The quantitative estimate of drug-likeness (QED) is 0.492. The number of sulfonamides is 1. The normalized spacial score (nSPS) is 15.9. The number of primary sulfonamides is 1. The Hall–Kier alpha value is -3.11. The summed E-state index contributed by atoms with van der Waals surface area (Å²) < 4.78 is 38.5. The van der Waals surface area contributed by atoms with E-state index in [-0.39, 0.29) is 37.0 Å². The Morgan fingerprint density at radius 2 is 1.83 bits per heavy atom. The number of carbonyl (C=O) groups is 2. The molecule has 1 amide bonds. The van der Waals surface area contributed by atoms with E-state index in [2.05, 4.69) is 0 Å². The molecule has 2 N–H and O–H groups in total. The first-order valence-corrected chi connectivity index (χ1v) is 10.8. The van der Waals surface area contributed by atoms with Gasteiger partial charge >= 0.3 is 5.97 Å². The van der Waals surface area contributed by atoms with Crippen LogP contribution < -0.4 is 19.5 Å². The summed E-state index contributed by atoms with van der Waals surface area (Å²) in [5.41, 5.74) is 0.625. The number of ether oxygens (including phenoxy) is 3. The van der Waals surface area contributed by atoms with Gasteiger partial charge in [-0.25, -0.2) is 13.6 Å².